The van der Waals surface area contributed by atoms with Crippen LogP contribution < -0.4 is 0 Å². The fourth-order valence-corrected chi connectivity index (χ4v) is 1.79. The Morgan fingerprint density at radius 2 is 1.73 bits per heavy atom. The second-order valence-electron chi connectivity index (χ2n) is 3.66. The van der Waals surface area contributed by atoms with Gasteiger partial charge in [-0.15, -0.1) is 0 Å². The van der Waals surface area contributed by atoms with Gasteiger partial charge in [-0.25, -0.2) is 0 Å². The van der Waals surface area contributed by atoms with E-state index in [4.69, 9.17) is 9.47 Å². The van der Waals surface area contributed by atoms with Gasteiger partial charge in [0.2, 0.25) is 0 Å². The molecular formula is C8H12O3. The lowest BCUT2D eigenvalue weighted by Crippen LogP contribution is -2.22. The van der Waals surface area contributed by atoms with Gasteiger partial charge in [0.1, 0.15) is 5.78 Å². The summed E-state index contributed by atoms with van der Waals surface area (Å²) >= 11 is 0. The first kappa shape index (κ1) is 7.25. The highest BCUT2D eigenvalue weighted by Crippen LogP contribution is 2.36. The van der Waals surface area contributed by atoms with E-state index in [9.17, 15) is 4.79 Å². The average molecular weight is 156 g/mol. The van der Waals surface area contributed by atoms with Crippen LogP contribution >= 0.6 is 0 Å². The minimum Gasteiger partial charge on any atom is -0.344 e. The molecule has 3 heteroatoms. The molecule has 0 amide bonds. The molecule has 0 spiro atoms. The molecular weight excluding hydrogens is 144 g/mol. The van der Waals surface area contributed by atoms with Gasteiger partial charge < -0.3 is 9.47 Å². The van der Waals surface area contributed by atoms with Crippen molar-refractivity contribution in [2.45, 2.75) is 44.7 Å². The van der Waals surface area contributed by atoms with E-state index in [1.807, 2.05) is 13.8 Å². The SMILES string of the molecule is CC1(C)O[C@H]2CC(=O)C[C@@H]2O1. The number of carbonyl (C=O) groups is 1. The molecule has 0 N–H and O–H groups in total. The third-order valence-electron chi connectivity index (χ3n) is 2.14. The van der Waals surface area contributed by atoms with Gasteiger partial charge in [-0.3, -0.25) is 4.79 Å². The molecule has 2 atom stereocenters. The molecule has 1 saturated heterocycles. The highest BCUT2D eigenvalue weighted by Gasteiger charge is 2.46. The lowest BCUT2D eigenvalue weighted by molar-refractivity contribution is -0.155. The zero-order chi connectivity index (χ0) is 8.06. The lowest BCUT2D eigenvalue weighted by atomic mass is 10.3. The van der Waals surface area contributed by atoms with Crippen LogP contribution in [0.1, 0.15) is 26.7 Å². The normalized spacial score (nSPS) is 41.1. The lowest BCUT2D eigenvalue weighted by Gasteiger charge is -2.17. The monoisotopic (exact) mass is 156 g/mol. The van der Waals surface area contributed by atoms with Gasteiger partial charge in [0.05, 0.1) is 12.2 Å². The van der Waals surface area contributed by atoms with Crippen LogP contribution in [-0.2, 0) is 14.3 Å². The van der Waals surface area contributed by atoms with Crippen LogP contribution in [0, 0.1) is 0 Å². The van der Waals surface area contributed by atoms with Gasteiger partial charge in [0, 0.05) is 12.8 Å². The van der Waals surface area contributed by atoms with Crippen LogP contribution in [0.25, 0.3) is 0 Å². The van der Waals surface area contributed by atoms with E-state index in [0.717, 1.165) is 0 Å². The van der Waals surface area contributed by atoms with Crippen molar-refractivity contribution in [2.24, 2.45) is 0 Å². The summed E-state index contributed by atoms with van der Waals surface area (Å²) in [6.45, 7) is 3.77. The molecule has 3 nitrogen and oxygen atoms in total. The average Bonchev–Trinajstić information content (AvgIpc) is 2.17. The first-order chi connectivity index (χ1) is 5.07. The van der Waals surface area contributed by atoms with Crippen molar-refractivity contribution in [1.29, 1.82) is 0 Å². The van der Waals surface area contributed by atoms with Gasteiger partial charge in [-0.1, -0.05) is 0 Å². The van der Waals surface area contributed by atoms with Crippen LogP contribution in [0.4, 0.5) is 0 Å². The first-order valence-electron chi connectivity index (χ1n) is 3.94. The standard InChI is InChI=1S/C8H12O3/c1-8(2)10-6-3-5(9)4-7(6)11-8/h6-7H,3-4H2,1-2H3/t6-,7-/m0/s1. The Morgan fingerprint density at radius 3 is 2.18 bits per heavy atom. The van der Waals surface area contributed by atoms with Crippen molar-refractivity contribution in [3.8, 4) is 0 Å². The van der Waals surface area contributed by atoms with E-state index in [1.165, 1.54) is 0 Å². The van der Waals surface area contributed by atoms with E-state index in [1.54, 1.807) is 0 Å². The summed E-state index contributed by atoms with van der Waals surface area (Å²) in [5.74, 6) is -0.216. The molecule has 1 heterocycles. The minimum absolute atomic E-state index is 0.0255. The Kier molecular flexibility index (Phi) is 1.35. The molecule has 2 rings (SSSR count). The van der Waals surface area contributed by atoms with Crippen LogP contribution in [0.15, 0.2) is 0 Å². The largest absolute Gasteiger partial charge is 0.344 e. The van der Waals surface area contributed by atoms with Crippen LogP contribution in [-0.4, -0.2) is 23.8 Å². The molecule has 0 aromatic heterocycles. The van der Waals surface area contributed by atoms with E-state index >= 15 is 0 Å². The summed E-state index contributed by atoms with van der Waals surface area (Å²) in [7, 11) is 0. The van der Waals surface area contributed by atoms with Crippen molar-refractivity contribution in [2.75, 3.05) is 0 Å². The number of hydrogen-bond donors (Lipinski definition) is 0. The molecule has 0 radical (unpaired) electrons. The maximum atomic E-state index is 10.9. The van der Waals surface area contributed by atoms with Crippen LogP contribution in [0.2, 0.25) is 0 Å². The van der Waals surface area contributed by atoms with Crippen molar-refractivity contribution in [3.63, 3.8) is 0 Å². The molecule has 62 valence electrons. The Morgan fingerprint density at radius 1 is 1.27 bits per heavy atom. The van der Waals surface area contributed by atoms with E-state index < -0.39 is 5.79 Å². The minimum atomic E-state index is -0.476. The quantitative estimate of drug-likeness (QED) is 0.522. The number of ketones is 1. The Balaban J connectivity index is 2.09. The zero-order valence-electron chi connectivity index (χ0n) is 6.79. The van der Waals surface area contributed by atoms with E-state index in [0.29, 0.717) is 12.8 Å². The van der Waals surface area contributed by atoms with Crippen LogP contribution in [0.3, 0.4) is 0 Å². The fraction of sp³-hybridized carbons (Fsp3) is 0.875. The predicted molar refractivity (Wildman–Crippen MR) is 38.1 cm³/mol. The van der Waals surface area contributed by atoms with Gasteiger partial charge in [0.15, 0.2) is 5.79 Å². The second-order valence-corrected chi connectivity index (χ2v) is 3.66. The highest BCUT2D eigenvalue weighted by atomic mass is 16.8. The Bertz CT molecular complexity index is 180. The Hall–Kier alpha value is -0.410. The third-order valence-corrected chi connectivity index (χ3v) is 2.14. The molecule has 1 aliphatic carbocycles. The van der Waals surface area contributed by atoms with E-state index in [-0.39, 0.29) is 18.0 Å². The third kappa shape index (κ3) is 1.19. The zero-order valence-corrected chi connectivity index (χ0v) is 6.79. The maximum absolute atomic E-state index is 10.9. The number of hydrogen-bond acceptors (Lipinski definition) is 3. The molecule has 1 aliphatic heterocycles. The molecule has 2 fully saturated rings. The highest BCUT2D eigenvalue weighted by molar-refractivity contribution is 5.82. The van der Waals surface area contributed by atoms with Crippen LogP contribution in [0.5, 0.6) is 0 Å². The van der Waals surface area contributed by atoms with Gasteiger partial charge in [0.25, 0.3) is 0 Å². The van der Waals surface area contributed by atoms with E-state index in [2.05, 4.69) is 0 Å². The maximum Gasteiger partial charge on any atom is 0.163 e. The van der Waals surface area contributed by atoms with Crippen molar-refractivity contribution >= 4 is 5.78 Å². The molecule has 0 aromatic carbocycles. The summed E-state index contributed by atoms with van der Waals surface area (Å²) in [4.78, 5) is 10.9. The summed E-state index contributed by atoms with van der Waals surface area (Å²) in [5, 5.41) is 0. The second kappa shape index (κ2) is 2.05. The summed E-state index contributed by atoms with van der Waals surface area (Å²) in [6, 6.07) is 0. The predicted octanol–water partition coefficient (Wildman–Crippen LogP) is 0.869. The number of Topliss-reactive ketones (excluding diaryl/α,β-unsaturated/α-hetero) is 1. The van der Waals surface area contributed by atoms with Crippen molar-refractivity contribution in [1.82, 2.24) is 0 Å². The molecule has 0 aromatic rings. The number of fused-ring (bicyclic) bond motifs is 1. The fourth-order valence-electron chi connectivity index (χ4n) is 1.79. The topological polar surface area (TPSA) is 35.5 Å². The Labute approximate surface area is 65.7 Å². The molecule has 1 saturated carbocycles. The summed E-state index contributed by atoms with van der Waals surface area (Å²) < 4.78 is 11.0. The smallest absolute Gasteiger partial charge is 0.163 e. The van der Waals surface area contributed by atoms with Crippen molar-refractivity contribution in [3.05, 3.63) is 0 Å². The number of ether oxygens (including phenoxy) is 2. The summed E-state index contributed by atoms with van der Waals surface area (Å²) in [5.41, 5.74) is 0. The molecule has 11 heavy (non-hydrogen) atoms. The molecule has 2 aliphatic rings. The van der Waals surface area contributed by atoms with Gasteiger partial charge >= 0.3 is 0 Å². The first-order valence-corrected chi connectivity index (χ1v) is 3.94. The number of carbonyl (C=O) groups excluding carboxylic acids is 1. The van der Waals surface area contributed by atoms with Gasteiger partial charge in [-0.2, -0.15) is 0 Å². The van der Waals surface area contributed by atoms with Gasteiger partial charge in [-0.05, 0) is 13.8 Å². The number of rotatable bonds is 0. The molecule has 0 bridgehead atoms. The molecule has 0 unspecified atom stereocenters. The summed E-state index contributed by atoms with van der Waals surface area (Å²) in [6.07, 6.45) is 1.12. The van der Waals surface area contributed by atoms with Crippen molar-refractivity contribution < 1.29 is 14.3 Å².